The maximum atomic E-state index is 5.57. The summed E-state index contributed by atoms with van der Waals surface area (Å²) in [5.74, 6) is 6.43. The predicted molar refractivity (Wildman–Crippen MR) is 65.5 cm³/mol. The molecule has 1 heterocycles. The molecule has 0 aliphatic rings. The Labute approximate surface area is 100 Å². The molecule has 1 unspecified atom stereocenters. The number of nitrogens with two attached hydrogens (primary N) is 1. The SMILES string of the molecule is CCOc1ccc(C(NN)c2ccoc2)cc1. The monoisotopic (exact) mass is 232 g/mol. The summed E-state index contributed by atoms with van der Waals surface area (Å²) in [6, 6.07) is 9.67. The van der Waals surface area contributed by atoms with Gasteiger partial charge in [0, 0.05) is 5.56 Å². The lowest BCUT2D eigenvalue weighted by Gasteiger charge is -2.15. The fourth-order valence-corrected chi connectivity index (χ4v) is 1.75. The minimum absolute atomic E-state index is 0.0653. The molecule has 0 amide bonds. The third kappa shape index (κ3) is 2.67. The van der Waals surface area contributed by atoms with Crippen molar-refractivity contribution in [1.29, 1.82) is 0 Å². The highest BCUT2D eigenvalue weighted by molar-refractivity contribution is 5.34. The largest absolute Gasteiger partial charge is 0.494 e. The molecular weight excluding hydrogens is 216 g/mol. The average Bonchev–Trinajstić information content (AvgIpc) is 2.86. The Balaban J connectivity index is 2.20. The first-order valence-corrected chi connectivity index (χ1v) is 5.56. The normalized spacial score (nSPS) is 12.4. The Morgan fingerprint density at radius 1 is 1.24 bits per heavy atom. The molecule has 3 N–H and O–H groups in total. The molecule has 0 saturated heterocycles. The Kier molecular flexibility index (Phi) is 3.80. The van der Waals surface area contributed by atoms with E-state index in [0.29, 0.717) is 6.61 Å². The maximum Gasteiger partial charge on any atom is 0.119 e. The zero-order valence-corrected chi connectivity index (χ0v) is 9.72. The number of hydrogen-bond acceptors (Lipinski definition) is 4. The molecule has 4 nitrogen and oxygen atoms in total. The second-order valence-electron chi connectivity index (χ2n) is 3.66. The standard InChI is InChI=1S/C13H16N2O2/c1-2-17-12-5-3-10(4-6-12)13(15-14)11-7-8-16-9-11/h3-9,13,15H,2,14H2,1H3. The van der Waals surface area contributed by atoms with E-state index in [1.54, 1.807) is 12.5 Å². The molecule has 17 heavy (non-hydrogen) atoms. The van der Waals surface area contributed by atoms with Gasteiger partial charge in [0.15, 0.2) is 0 Å². The zero-order chi connectivity index (χ0) is 12.1. The lowest BCUT2D eigenvalue weighted by Crippen LogP contribution is -2.28. The van der Waals surface area contributed by atoms with Crippen LogP contribution < -0.4 is 16.0 Å². The van der Waals surface area contributed by atoms with Crippen LogP contribution in [0.3, 0.4) is 0 Å². The van der Waals surface area contributed by atoms with Crippen LogP contribution in [0.25, 0.3) is 0 Å². The molecule has 1 aromatic heterocycles. The van der Waals surface area contributed by atoms with Crippen LogP contribution in [-0.4, -0.2) is 6.61 Å². The van der Waals surface area contributed by atoms with Crippen molar-refractivity contribution in [2.75, 3.05) is 6.61 Å². The van der Waals surface area contributed by atoms with Crippen molar-refractivity contribution in [2.45, 2.75) is 13.0 Å². The summed E-state index contributed by atoms with van der Waals surface area (Å²) >= 11 is 0. The molecule has 0 aliphatic carbocycles. The van der Waals surface area contributed by atoms with Crippen LogP contribution in [0.1, 0.15) is 24.1 Å². The van der Waals surface area contributed by atoms with Crippen molar-refractivity contribution in [1.82, 2.24) is 5.43 Å². The molecule has 0 bridgehead atoms. The van der Waals surface area contributed by atoms with E-state index in [1.807, 2.05) is 37.3 Å². The molecule has 0 aliphatic heterocycles. The number of benzene rings is 1. The van der Waals surface area contributed by atoms with Gasteiger partial charge in [-0.25, -0.2) is 5.43 Å². The van der Waals surface area contributed by atoms with Crippen molar-refractivity contribution >= 4 is 0 Å². The van der Waals surface area contributed by atoms with Crippen LogP contribution in [-0.2, 0) is 0 Å². The summed E-state index contributed by atoms with van der Waals surface area (Å²) in [6.45, 7) is 2.63. The molecule has 0 saturated carbocycles. The van der Waals surface area contributed by atoms with Gasteiger partial charge in [0.05, 0.1) is 25.2 Å². The van der Waals surface area contributed by atoms with E-state index >= 15 is 0 Å². The first kappa shape index (κ1) is 11.7. The van der Waals surface area contributed by atoms with Gasteiger partial charge in [0.1, 0.15) is 5.75 Å². The fraction of sp³-hybridized carbons (Fsp3) is 0.231. The van der Waals surface area contributed by atoms with Gasteiger partial charge in [-0.15, -0.1) is 0 Å². The number of nitrogens with one attached hydrogen (secondary N) is 1. The van der Waals surface area contributed by atoms with Crippen molar-refractivity contribution in [3.05, 3.63) is 54.0 Å². The topological polar surface area (TPSA) is 60.4 Å². The molecule has 2 rings (SSSR count). The summed E-state index contributed by atoms with van der Waals surface area (Å²) in [6.07, 6.45) is 3.31. The van der Waals surface area contributed by atoms with Gasteiger partial charge in [-0.3, -0.25) is 5.84 Å². The molecule has 0 fully saturated rings. The van der Waals surface area contributed by atoms with Gasteiger partial charge in [0.25, 0.3) is 0 Å². The Bertz CT molecular complexity index is 437. The number of furan rings is 1. The van der Waals surface area contributed by atoms with E-state index in [0.717, 1.165) is 16.9 Å². The average molecular weight is 232 g/mol. The van der Waals surface area contributed by atoms with Gasteiger partial charge in [0.2, 0.25) is 0 Å². The van der Waals surface area contributed by atoms with Crippen LogP contribution in [0.2, 0.25) is 0 Å². The van der Waals surface area contributed by atoms with E-state index in [-0.39, 0.29) is 6.04 Å². The Morgan fingerprint density at radius 2 is 2.00 bits per heavy atom. The van der Waals surface area contributed by atoms with Crippen LogP contribution in [0, 0.1) is 0 Å². The lowest BCUT2D eigenvalue weighted by molar-refractivity contribution is 0.340. The van der Waals surface area contributed by atoms with E-state index in [2.05, 4.69) is 5.43 Å². The number of hydrogen-bond donors (Lipinski definition) is 2. The molecule has 2 aromatic rings. The number of ether oxygens (including phenoxy) is 1. The molecule has 1 aromatic carbocycles. The van der Waals surface area contributed by atoms with Gasteiger partial charge >= 0.3 is 0 Å². The first-order valence-electron chi connectivity index (χ1n) is 5.56. The summed E-state index contributed by atoms with van der Waals surface area (Å²) in [7, 11) is 0. The maximum absolute atomic E-state index is 5.57. The summed E-state index contributed by atoms with van der Waals surface area (Å²) < 4.78 is 10.5. The third-order valence-corrected chi connectivity index (χ3v) is 2.57. The highest BCUT2D eigenvalue weighted by Crippen LogP contribution is 2.23. The van der Waals surface area contributed by atoms with E-state index < -0.39 is 0 Å². The van der Waals surface area contributed by atoms with E-state index in [9.17, 15) is 0 Å². The highest BCUT2D eigenvalue weighted by atomic mass is 16.5. The number of hydrazine groups is 1. The molecule has 0 radical (unpaired) electrons. The third-order valence-electron chi connectivity index (χ3n) is 2.57. The van der Waals surface area contributed by atoms with Crippen molar-refractivity contribution in [2.24, 2.45) is 5.84 Å². The Hall–Kier alpha value is -1.78. The Morgan fingerprint density at radius 3 is 2.53 bits per heavy atom. The van der Waals surface area contributed by atoms with Gasteiger partial charge in [-0.05, 0) is 30.7 Å². The van der Waals surface area contributed by atoms with E-state index in [1.165, 1.54) is 0 Å². The molecule has 0 spiro atoms. The van der Waals surface area contributed by atoms with Crippen LogP contribution in [0.5, 0.6) is 5.75 Å². The zero-order valence-electron chi connectivity index (χ0n) is 9.72. The molecule has 1 atom stereocenters. The second-order valence-corrected chi connectivity index (χ2v) is 3.66. The summed E-state index contributed by atoms with van der Waals surface area (Å²) in [4.78, 5) is 0. The smallest absolute Gasteiger partial charge is 0.119 e. The highest BCUT2D eigenvalue weighted by Gasteiger charge is 2.13. The first-order chi connectivity index (χ1) is 8.35. The van der Waals surface area contributed by atoms with Crippen molar-refractivity contribution in [3.63, 3.8) is 0 Å². The van der Waals surface area contributed by atoms with Crippen LogP contribution in [0.4, 0.5) is 0 Å². The fourth-order valence-electron chi connectivity index (χ4n) is 1.75. The van der Waals surface area contributed by atoms with Crippen molar-refractivity contribution < 1.29 is 9.15 Å². The molecule has 90 valence electrons. The number of rotatable bonds is 5. The second kappa shape index (κ2) is 5.52. The van der Waals surface area contributed by atoms with Crippen molar-refractivity contribution in [3.8, 4) is 5.75 Å². The van der Waals surface area contributed by atoms with Gasteiger partial charge < -0.3 is 9.15 Å². The quantitative estimate of drug-likeness (QED) is 0.613. The van der Waals surface area contributed by atoms with E-state index in [4.69, 9.17) is 15.0 Å². The summed E-state index contributed by atoms with van der Waals surface area (Å²) in [5, 5.41) is 0. The predicted octanol–water partition coefficient (Wildman–Crippen LogP) is 2.23. The summed E-state index contributed by atoms with van der Waals surface area (Å²) in [5.41, 5.74) is 4.84. The molecule has 4 heteroatoms. The van der Waals surface area contributed by atoms with Gasteiger partial charge in [-0.2, -0.15) is 0 Å². The van der Waals surface area contributed by atoms with Gasteiger partial charge in [-0.1, -0.05) is 12.1 Å². The molecular formula is C13H16N2O2. The van der Waals surface area contributed by atoms with Crippen LogP contribution in [0.15, 0.2) is 47.3 Å². The lowest BCUT2D eigenvalue weighted by atomic mass is 10.0. The van der Waals surface area contributed by atoms with Crippen LogP contribution >= 0.6 is 0 Å². The minimum atomic E-state index is -0.0653. The minimum Gasteiger partial charge on any atom is -0.494 e.